The molecule has 1 unspecified atom stereocenters. The highest BCUT2D eigenvalue weighted by Crippen LogP contribution is 2.28. The quantitative estimate of drug-likeness (QED) is 0.778. The van der Waals surface area contributed by atoms with Crippen LogP contribution in [0.5, 0.6) is 5.75 Å². The topological polar surface area (TPSA) is 26.3 Å². The van der Waals surface area contributed by atoms with Gasteiger partial charge in [0.2, 0.25) is 0 Å². The van der Waals surface area contributed by atoms with Gasteiger partial charge in [-0.25, -0.2) is 0 Å². The molecule has 0 aliphatic carbocycles. The van der Waals surface area contributed by atoms with Crippen molar-refractivity contribution in [2.45, 2.75) is 18.7 Å². The molecule has 110 valence electrons. The number of halogens is 3. The molecule has 21 heavy (non-hydrogen) atoms. The first-order valence-electron chi connectivity index (χ1n) is 6.31. The Bertz CT molecular complexity index is 577. The van der Waals surface area contributed by atoms with Crippen LogP contribution in [0.3, 0.4) is 0 Å². The summed E-state index contributed by atoms with van der Waals surface area (Å²) in [6.45, 7) is 0. The molecule has 0 aliphatic heterocycles. The van der Waals surface area contributed by atoms with Crippen molar-refractivity contribution in [3.8, 4) is 5.75 Å². The molecule has 0 fully saturated rings. The van der Waals surface area contributed by atoms with Crippen LogP contribution in [0.25, 0.3) is 0 Å². The second-order valence-electron chi connectivity index (χ2n) is 4.52. The SMILES string of the molecule is O=Cc1ccc(OC(Cc2ccccc2)C(F)(F)F)cc1. The summed E-state index contributed by atoms with van der Waals surface area (Å²) in [4.78, 5) is 10.5. The Hall–Kier alpha value is -2.30. The standard InChI is InChI=1S/C16H13F3O2/c17-16(18,19)15(10-12-4-2-1-3-5-12)21-14-8-6-13(11-20)7-9-14/h1-9,11,15H,10H2. The Morgan fingerprint density at radius 2 is 1.62 bits per heavy atom. The summed E-state index contributed by atoms with van der Waals surface area (Å²) >= 11 is 0. The molecule has 0 bridgehead atoms. The summed E-state index contributed by atoms with van der Waals surface area (Å²) in [5.41, 5.74) is 0.929. The van der Waals surface area contributed by atoms with Gasteiger partial charge in [-0.1, -0.05) is 30.3 Å². The third kappa shape index (κ3) is 4.34. The Kier molecular flexibility index (Phi) is 4.62. The van der Waals surface area contributed by atoms with Crippen molar-refractivity contribution in [3.05, 3.63) is 65.7 Å². The van der Waals surface area contributed by atoms with Crippen molar-refractivity contribution in [2.24, 2.45) is 0 Å². The van der Waals surface area contributed by atoms with Crippen LogP contribution in [0, 0.1) is 0 Å². The van der Waals surface area contributed by atoms with Gasteiger partial charge in [-0.15, -0.1) is 0 Å². The lowest BCUT2D eigenvalue weighted by molar-refractivity contribution is -0.194. The summed E-state index contributed by atoms with van der Waals surface area (Å²) in [6, 6.07) is 13.9. The van der Waals surface area contributed by atoms with Gasteiger partial charge in [-0.2, -0.15) is 13.2 Å². The number of alkyl halides is 3. The number of carbonyl (C=O) groups excluding carboxylic acids is 1. The normalized spacial score (nSPS) is 12.7. The van der Waals surface area contributed by atoms with E-state index in [-0.39, 0.29) is 12.2 Å². The van der Waals surface area contributed by atoms with Crippen LogP contribution in [0.4, 0.5) is 13.2 Å². The van der Waals surface area contributed by atoms with E-state index in [1.165, 1.54) is 24.3 Å². The van der Waals surface area contributed by atoms with Gasteiger partial charge in [0.05, 0.1) is 0 Å². The Balaban J connectivity index is 2.14. The van der Waals surface area contributed by atoms with E-state index in [0.717, 1.165) is 0 Å². The fourth-order valence-corrected chi connectivity index (χ4v) is 1.84. The number of benzene rings is 2. The van der Waals surface area contributed by atoms with Gasteiger partial charge in [0, 0.05) is 12.0 Å². The average molecular weight is 294 g/mol. The zero-order chi connectivity index (χ0) is 15.3. The Morgan fingerprint density at radius 1 is 1.00 bits per heavy atom. The third-order valence-electron chi connectivity index (χ3n) is 2.92. The van der Waals surface area contributed by atoms with E-state index in [0.29, 0.717) is 17.4 Å². The van der Waals surface area contributed by atoms with Gasteiger partial charge in [0.15, 0.2) is 6.10 Å². The lowest BCUT2D eigenvalue weighted by Crippen LogP contribution is -2.36. The Morgan fingerprint density at radius 3 is 2.14 bits per heavy atom. The molecule has 5 heteroatoms. The fraction of sp³-hybridized carbons (Fsp3) is 0.188. The molecule has 2 rings (SSSR count). The number of ether oxygens (including phenoxy) is 1. The van der Waals surface area contributed by atoms with Crippen molar-refractivity contribution < 1.29 is 22.7 Å². The lowest BCUT2D eigenvalue weighted by atomic mass is 10.1. The lowest BCUT2D eigenvalue weighted by Gasteiger charge is -2.22. The van der Waals surface area contributed by atoms with Crippen molar-refractivity contribution in [1.29, 1.82) is 0 Å². The first-order chi connectivity index (χ1) is 9.99. The van der Waals surface area contributed by atoms with Crippen LogP contribution in [-0.2, 0) is 6.42 Å². The van der Waals surface area contributed by atoms with Crippen LogP contribution in [0.1, 0.15) is 15.9 Å². The monoisotopic (exact) mass is 294 g/mol. The van der Waals surface area contributed by atoms with Crippen molar-refractivity contribution in [2.75, 3.05) is 0 Å². The molecule has 0 amide bonds. The van der Waals surface area contributed by atoms with Gasteiger partial charge < -0.3 is 4.74 Å². The molecule has 0 saturated heterocycles. The minimum atomic E-state index is -4.47. The third-order valence-corrected chi connectivity index (χ3v) is 2.92. The van der Waals surface area contributed by atoms with Gasteiger partial charge in [-0.3, -0.25) is 4.79 Å². The summed E-state index contributed by atoms with van der Waals surface area (Å²) in [5, 5.41) is 0. The van der Waals surface area contributed by atoms with E-state index in [1.807, 2.05) is 0 Å². The zero-order valence-corrected chi connectivity index (χ0v) is 11.0. The van der Waals surface area contributed by atoms with E-state index in [1.54, 1.807) is 30.3 Å². The largest absolute Gasteiger partial charge is 0.481 e. The van der Waals surface area contributed by atoms with Gasteiger partial charge in [0.1, 0.15) is 12.0 Å². The van der Waals surface area contributed by atoms with Gasteiger partial charge in [-0.05, 0) is 29.8 Å². The predicted molar refractivity (Wildman–Crippen MR) is 72.4 cm³/mol. The van der Waals surface area contributed by atoms with Crippen molar-refractivity contribution in [3.63, 3.8) is 0 Å². The van der Waals surface area contributed by atoms with E-state index in [2.05, 4.69) is 0 Å². The minimum Gasteiger partial charge on any atom is -0.481 e. The number of aldehydes is 1. The molecule has 2 aromatic rings. The molecule has 0 spiro atoms. The summed E-state index contributed by atoms with van der Waals surface area (Å²) < 4.78 is 44.2. The maximum Gasteiger partial charge on any atom is 0.425 e. The maximum atomic E-state index is 13.1. The van der Waals surface area contributed by atoms with E-state index < -0.39 is 12.3 Å². The maximum absolute atomic E-state index is 13.1. The highest BCUT2D eigenvalue weighted by Gasteiger charge is 2.41. The molecular formula is C16H13F3O2. The van der Waals surface area contributed by atoms with Crippen LogP contribution >= 0.6 is 0 Å². The second kappa shape index (κ2) is 6.43. The molecule has 0 aromatic heterocycles. The van der Waals surface area contributed by atoms with E-state index in [9.17, 15) is 18.0 Å². The van der Waals surface area contributed by atoms with Crippen LogP contribution in [0.15, 0.2) is 54.6 Å². The number of rotatable bonds is 5. The summed E-state index contributed by atoms with van der Waals surface area (Å²) in [7, 11) is 0. The van der Waals surface area contributed by atoms with Gasteiger partial charge in [0.25, 0.3) is 0 Å². The fourth-order valence-electron chi connectivity index (χ4n) is 1.84. The molecule has 2 nitrogen and oxygen atoms in total. The van der Waals surface area contributed by atoms with E-state index >= 15 is 0 Å². The number of hydrogen-bond donors (Lipinski definition) is 0. The second-order valence-corrected chi connectivity index (χ2v) is 4.52. The molecule has 0 N–H and O–H groups in total. The molecule has 0 aliphatic rings. The van der Waals surface area contributed by atoms with Crippen molar-refractivity contribution in [1.82, 2.24) is 0 Å². The average Bonchev–Trinajstić information content (AvgIpc) is 2.47. The van der Waals surface area contributed by atoms with Gasteiger partial charge >= 0.3 is 6.18 Å². The molecule has 0 radical (unpaired) electrons. The van der Waals surface area contributed by atoms with Crippen LogP contribution in [0.2, 0.25) is 0 Å². The molecule has 1 atom stereocenters. The smallest absolute Gasteiger partial charge is 0.425 e. The summed E-state index contributed by atoms with van der Waals surface area (Å²) in [5.74, 6) is 0.0823. The van der Waals surface area contributed by atoms with E-state index in [4.69, 9.17) is 4.74 Å². The molecule has 2 aromatic carbocycles. The van der Waals surface area contributed by atoms with Crippen LogP contribution in [-0.4, -0.2) is 18.6 Å². The highest BCUT2D eigenvalue weighted by molar-refractivity contribution is 5.74. The molecular weight excluding hydrogens is 281 g/mol. The zero-order valence-electron chi connectivity index (χ0n) is 11.0. The Labute approximate surface area is 120 Å². The van der Waals surface area contributed by atoms with Crippen molar-refractivity contribution >= 4 is 6.29 Å². The highest BCUT2D eigenvalue weighted by atomic mass is 19.4. The minimum absolute atomic E-state index is 0.0823. The van der Waals surface area contributed by atoms with Crippen LogP contribution < -0.4 is 4.74 Å². The first kappa shape index (κ1) is 15.1. The first-order valence-corrected chi connectivity index (χ1v) is 6.31. The molecule has 0 saturated carbocycles. The number of hydrogen-bond acceptors (Lipinski definition) is 2. The summed E-state index contributed by atoms with van der Waals surface area (Å²) in [6.07, 6.45) is -6.05. The predicted octanol–water partition coefficient (Wildman–Crippen LogP) is 4.05. The number of carbonyl (C=O) groups is 1. The molecule has 0 heterocycles.